The van der Waals surface area contributed by atoms with Crippen LogP contribution in [0.15, 0.2) is 46.4 Å². The highest BCUT2D eigenvalue weighted by Crippen LogP contribution is 2.23. The summed E-state index contributed by atoms with van der Waals surface area (Å²) in [6.45, 7) is 5.57. The van der Waals surface area contributed by atoms with Gasteiger partial charge in [-0.25, -0.2) is 9.78 Å². The van der Waals surface area contributed by atoms with E-state index in [1.807, 2.05) is 11.4 Å². The number of hydrogen-bond donors (Lipinski definition) is 1. The molecule has 7 nitrogen and oxygen atoms in total. The van der Waals surface area contributed by atoms with E-state index in [2.05, 4.69) is 24.0 Å². The van der Waals surface area contributed by atoms with Crippen LogP contribution in [0, 0.1) is 6.92 Å². The van der Waals surface area contributed by atoms with E-state index < -0.39 is 11.9 Å². The first-order valence-corrected chi connectivity index (χ1v) is 9.48. The van der Waals surface area contributed by atoms with Crippen molar-refractivity contribution in [3.05, 3.63) is 69.6 Å². The summed E-state index contributed by atoms with van der Waals surface area (Å²) in [6.07, 6.45) is 3.28. The molecule has 2 heterocycles. The highest BCUT2D eigenvalue weighted by atomic mass is 32.1. The van der Waals surface area contributed by atoms with Crippen LogP contribution < -0.4 is 4.90 Å². The third kappa shape index (κ3) is 4.01. The maximum Gasteiger partial charge on any atom is 0.341 e. The zero-order chi connectivity index (χ0) is 20.3. The molecule has 0 saturated carbocycles. The SMILES string of the molecule is Cc1onc(C(=O)N(/C=C/c2nc(C(C)C)cs2)c2ccccc2)c1C(=O)O. The third-order valence-corrected chi connectivity index (χ3v) is 4.86. The first-order valence-electron chi connectivity index (χ1n) is 8.60. The standard InChI is InChI=1S/C20H19N3O4S/c1-12(2)15-11-28-16(21-15)9-10-23(14-7-5-4-6-8-14)19(24)18-17(20(25)26)13(3)27-22-18/h4-12H,1-3H3,(H,25,26)/b10-9+. The Balaban J connectivity index is 1.99. The number of aromatic carboxylic acids is 1. The van der Waals surface area contributed by atoms with Gasteiger partial charge < -0.3 is 9.63 Å². The first kappa shape index (κ1) is 19.5. The quantitative estimate of drug-likeness (QED) is 0.654. The fourth-order valence-electron chi connectivity index (χ4n) is 2.52. The molecule has 1 aromatic carbocycles. The number of rotatable bonds is 6. The number of carboxylic acids is 1. The Bertz CT molecular complexity index is 1020. The van der Waals surface area contributed by atoms with Gasteiger partial charge in [0.25, 0.3) is 5.91 Å². The zero-order valence-corrected chi connectivity index (χ0v) is 16.4. The average molecular weight is 397 g/mol. The summed E-state index contributed by atoms with van der Waals surface area (Å²) in [7, 11) is 0. The molecule has 0 radical (unpaired) electrons. The maximum absolute atomic E-state index is 13.1. The first-order chi connectivity index (χ1) is 13.4. The lowest BCUT2D eigenvalue weighted by Gasteiger charge is -2.17. The summed E-state index contributed by atoms with van der Waals surface area (Å²) in [5.74, 6) is -1.48. The molecule has 0 atom stereocenters. The number of nitrogens with zero attached hydrogens (tertiary/aromatic N) is 3. The number of hydrogen-bond acceptors (Lipinski definition) is 6. The van der Waals surface area contributed by atoms with Crippen molar-refractivity contribution in [1.82, 2.24) is 10.1 Å². The third-order valence-electron chi connectivity index (χ3n) is 4.03. The van der Waals surface area contributed by atoms with Crippen LogP contribution in [-0.2, 0) is 0 Å². The number of carboxylic acid groups (broad SMARTS) is 1. The van der Waals surface area contributed by atoms with Crippen molar-refractivity contribution in [3.63, 3.8) is 0 Å². The summed E-state index contributed by atoms with van der Waals surface area (Å²) in [4.78, 5) is 30.5. The topological polar surface area (TPSA) is 96.5 Å². The van der Waals surface area contributed by atoms with Crippen molar-refractivity contribution in [3.8, 4) is 0 Å². The van der Waals surface area contributed by atoms with Crippen LogP contribution in [0.3, 0.4) is 0 Å². The van der Waals surface area contributed by atoms with Gasteiger partial charge in [0.2, 0.25) is 0 Å². The number of carbonyl (C=O) groups excluding carboxylic acids is 1. The molecule has 28 heavy (non-hydrogen) atoms. The van der Waals surface area contributed by atoms with Crippen molar-refractivity contribution in [2.24, 2.45) is 0 Å². The predicted octanol–water partition coefficient (Wildman–Crippen LogP) is 4.58. The summed E-state index contributed by atoms with van der Waals surface area (Å²) >= 11 is 1.47. The Morgan fingerprint density at radius 1 is 1.25 bits per heavy atom. The van der Waals surface area contributed by atoms with Gasteiger partial charge in [-0.1, -0.05) is 37.2 Å². The molecule has 2 aromatic heterocycles. The number of thiazole rings is 1. The molecule has 1 N–H and O–H groups in total. The largest absolute Gasteiger partial charge is 0.477 e. The van der Waals surface area contributed by atoms with E-state index in [1.54, 1.807) is 36.5 Å². The second-order valence-corrected chi connectivity index (χ2v) is 7.25. The molecular formula is C20H19N3O4S. The molecule has 0 aliphatic carbocycles. The number of anilines is 1. The van der Waals surface area contributed by atoms with E-state index in [0.717, 1.165) is 10.7 Å². The van der Waals surface area contributed by atoms with E-state index in [4.69, 9.17) is 4.52 Å². The van der Waals surface area contributed by atoms with E-state index in [0.29, 0.717) is 11.6 Å². The normalized spacial score (nSPS) is 11.3. The molecule has 3 aromatic rings. The van der Waals surface area contributed by atoms with E-state index in [1.165, 1.54) is 23.2 Å². The molecule has 0 aliphatic heterocycles. The van der Waals surface area contributed by atoms with E-state index >= 15 is 0 Å². The van der Waals surface area contributed by atoms with E-state index in [-0.39, 0.29) is 17.0 Å². The number of aryl methyl sites for hydroxylation is 1. The number of amides is 1. The molecule has 0 spiro atoms. The molecule has 144 valence electrons. The molecular weight excluding hydrogens is 378 g/mol. The van der Waals surface area contributed by atoms with Crippen molar-refractivity contribution < 1.29 is 19.2 Å². The second kappa shape index (κ2) is 8.18. The molecule has 1 amide bonds. The molecule has 0 bridgehead atoms. The van der Waals surface area contributed by atoms with Gasteiger partial charge in [-0.3, -0.25) is 9.69 Å². The number of aromatic nitrogens is 2. The van der Waals surface area contributed by atoms with Crippen molar-refractivity contribution in [2.75, 3.05) is 4.90 Å². The lowest BCUT2D eigenvalue weighted by Crippen LogP contribution is -2.27. The van der Waals surface area contributed by atoms with Crippen LogP contribution in [0.1, 0.15) is 57.1 Å². The Morgan fingerprint density at radius 2 is 1.96 bits per heavy atom. The fourth-order valence-corrected chi connectivity index (χ4v) is 3.39. The van der Waals surface area contributed by atoms with Gasteiger partial charge in [0.15, 0.2) is 5.69 Å². The van der Waals surface area contributed by atoms with Crippen LogP contribution in [0.2, 0.25) is 0 Å². The minimum Gasteiger partial charge on any atom is -0.477 e. The number of carbonyl (C=O) groups is 2. The Hall–Kier alpha value is -3.26. The fraction of sp³-hybridized carbons (Fsp3) is 0.200. The predicted molar refractivity (Wildman–Crippen MR) is 107 cm³/mol. The lowest BCUT2D eigenvalue weighted by molar-refractivity contribution is 0.0690. The Kier molecular flexibility index (Phi) is 5.70. The maximum atomic E-state index is 13.1. The van der Waals surface area contributed by atoms with Gasteiger partial charge in [-0.2, -0.15) is 0 Å². The van der Waals surface area contributed by atoms with Gasteiger partial charge in [-0.05, 0) is 31.1 Å². The van der Waals surface area contributed by atoms with Crippen LogP contribution >= 0.6 is 11.3 Å². The van der Waals surface area contributed by atoms with E-state index in [9.17, 15) is 14.7 Å². The molecule has 0 aliphatic rings. The van der Waals surface area contributed by atoms with Gasteiger partial charge in [0.1, 0.15) is 16.3 Å². The lowest BCUT2D eigenvalue weighted by atomic mass is 10.1. The molecule has 0 saturated heterocycles. The monoisotopic (exact) mass is 397 g/mol. The number of para-hydroxylation sites is 1. The molecule has 8 heteroatoms. The van der Waals surface area contributed by atoms with Gasteiger partial charge in [0, 0.05) is 17.3 Å². The molecule has 3 rings (SSSR count). The number of benzene rings is 1. The van der Waals surface area contributed by atoms with Crippen LogP contribution in [0.25, 0.3) is 6.08 Å². The molecule has 0 fully saturated rings. The summed E-state index contributed by atoms with van der Waals surface area (Å²) < 4.78 is 4.94. The molecule has 0 unspecified atom stereocenters. The van der Waals surface area contributed by atoms with Crippen LogP contribution in [0.5, 0.6) is 0 Å². The summed E-state index contributed by atoms with van der Waals surface area (Å²) in [6, 6.07) is 8.90. The van der Waals surface area contributed by atoms with Gasteiger partial charge >= 0.3 is 5.97 Å². The average Bonchev–Trinajstić information content (AvgIpc) is 3.29. The highest BCUT2D eigenvalue weighted by Gasteiger charge is 2.28. The van der Waals surface area contributed by atoms with Gasteiger partial charge in [0.05, 0.1) is 5.69 Å². The Labute approximate surface area is 165 Å². The Morgan fingerprint density at radius 3 is 2.57 bits per heavy atom. The minimum absolute atomic E-state index is 0.0781. The van der Waals surface area contributed by atoms with Gasteiger partial charge in [-0.15, -0.1) is 11.3 Å². The zero-order valence-electron chi connectivity index (χ0n) is 15.6. The van der Waals surface area contributed by atoms with Crippen LogP contribution in [-0.4, -0.2) is 27.1 Å². The smallest absolute Gasteiger partial charge is 0.341 e. The van der Waals surface area contributed by atoms with Crippen LogP contribution in [0.4, 0.5) is 5.69 Å². The minimum atomic E-state index is -1.26. The highest BCUT2D eigenvalue weighted by molar-refractivity contribution is 7.10. The second-order valence-electron chi connectivity index (χ2n) is 6.36. The summed E-state index contributed by atoms with van der Waals surface area (Å²) in [5.41, 5.74) is 1.06. The summed E-state index contributed by atoms with van der Waals surface area (Å²) in [5, 5.41) is 15.8. The van der Waals surface area contributed by atoms with Crippen molar-refractivity contribution >= 4 is 35.0 Å². The van der Waals surface area contributed by atoms with Crippen molar-refractivity contribution in [2.45, 2.75) is 26.7 Å². The van der Waals surface area contributed by atoms with Crippen molar-refractivity contribution in [1.29, 1.82) is 0 Å².